The van der Waals surface area contributed by atoms with Crippen molar-refractivity contribution in [1.29, 1.82) is 0 Å². The lowest BCUT2D eigenvalue weighted by Gasteiger charge is -2.17. The Labute approximate surface area is 99.8 Å². The van der Waals surface area contributed by atoms with E-state index in [1.54, 1.807) is 0 Å². The predicted molar refractivity (Wildman–Crippen MR) is 68.4 cm³/mol. The molecule has 1 unspecified atom stereocenters. The molecule has 1 saturated heterocycles. The third kappa shape index (κ3) is 2.34. The lowest BCUT2D eigenvalue weighted by Crippen LogP contribution is -2.14. The number of nitrogens with one attached hydrogen (secondary N) is 1. The van der Waals surface area contributed by atoms with Crippen molar-refractivity contribution in [2.45, 2.75) is 18.9 Å². The van der Waals surface area contributed by atoms with Gasteiger partial charge in [0.25, 0.3) is 0 Å². The molecule has 1 fully saturated rings. The molecule has 1 aliphatic rings. The van der Waals surface area contributed by atoms with Crippen LogP contribution in [0.1, 0.15) is 24.4 Å². The summed E-state index contributed by atoms with van der Waals surface area (Å²) in [6, 6.07) is 7.19. The van der Waals surface area contributed by atoms with E-state index in [0.717, 1.165) is 6.54 Å². The van der Waals surface area contributed by atoms with Crippen LogP contribution < -0.4 is 10.2 Å². The Morgan fingerprint density at radius 1 is 1.40 bits per heavy atom. The molecule has 0 bridgehead atoms. The van der Waals surface area contributed by atoms with Gasteiger partial charge in [0.05, 0.1) is 5.69 Å². The van der Waals surface area contributed by atoms with Crippen LogP contribution in [0.15, 0.2) is 22.7 Å². The molecule has 0 spiro atoms. The summed E-state index contributed by atoms with van der Waals surface area (Å²) in [6.07, 6.45) is 2.55. The Balaban J connectivity index is 2.24. The summed E-state index contributed by atoms with van der Waals surface area (Å²) in [5.74, 6) is 0. The highest BCUT2D eigenvalue weighted by atomic mass is 79.9. The molecular formula is C12H17BrN2. The molecule has 1 aliphatic heterocycles. The third-order valence-electron chi connectivity index (χ3n) is 2.92. The van der Waals surface area contributed by atoms with Gasteiger partial charge in [0.2, 0.25) is 0 Å². The van der Waals surface area contributed by atoms with Crippen molar-refractivity contribution in [3.63, 3.8) is 0 Å². The van der Waals surface area contributed by atoms with Crippen LogP contribution in [0.25, 0.3) is 0 Å². The third-order valence-corrected chi connectivity index (χ3v) is 3.55. The minimum absolute atomic E-state index is 0.553. The topological polar surface area (TPSA) is 15.3 Å². The maximum absolute atomic E-state index is 3.63. The van der Waals surface area contributed by atoms with E-state index in [1.165, 1.54) is 28.6 Å². The van der Waals surface area contributed by atoms with E-state index < -0.39 is 0 Å². The van der Waals surface area contributed by atoms with Crippen LogP contribution in [0.5, 0.6) is 0 Å². The number of halogens is 1. The summed E-state index contributed by atoms with van der Waals surface area (Å²) < 4.78 is 1.18. The first kappa shape index (κ1) is 11.0. The molecule has 82 valence electrons. The number of nitrogens with zero attached hydrogens (tertiary/aromatic N) is 1. The Bertz CT molecular complexity index is 343. The lowest BCUT2D eigenvalue weighted by molar-refractivity contribution is 0.647. The molecule has 2 nitrogen and oxygen atoms in total. The van der Waals surface area contributed by atoms with Gasteiger partial charge in [-0.15, -0.1) is 0 Å². The summed E-state index contributed by atoms with van der Waals surface area (Å²) in [6.45, 7) is 1.15. The average molecular weight is 269 g/mol. The number of anilines is 1. The van der Waals surface area contributed by atoms with E-state index in [4.69, 9.17) is 0 Å². The fraction of sp³-hybridized carbons (Fsp3) is 0.500. The Morgan fingerprint density at radius 3 is 2.73 bits per heavy atom. The number of hydrogen-bond acceptors (Lipinski definition) is 2. The van der Waals surface area contributed by atoms with Gasteiger partial charge in [0.15, 0.2) is 0 Å². The van der Waals surface area contributed by atoms with Gasteiger partial charge in [-0.05, 0) is 53.0 Å². The summed E-state index contributed by atoms with van der Waals surface area (Å²) in [5, 5.41) is 3.51. The van der Waals surface area contributed by atoms with E-state index in [2.05, 4.69) is 58.4 Å². The van der Waals surface area contributed by atoms with E-state index in [9.17, 15) is 0 Å². The molecule has 1 heterocycles. The van der Waals surface area contributed by atoms with Crippen LogP contribution in [0.4, 0.5) is 5.69 Å². The summed E-state index contributed by atoms with van der Waals surface area (Å²) in [7, 11) is 4.13. The molecule has 1 atom stereocenters. The zero-order chi connectivity index (χ0) is 10.8. The van der Waals surface area contributed by atoms with Crippen LogP contribution in [0.2, 0.25) is 0 Å². The Kier molecular flexibility index (Phi) is 3.32. The fourth-order valence-electron chi connectivity index (χ4n) is 2.07. The van der Waals surface area contributed by atoms with Crippen LogP contribution in [0, 0.1) is 0 Å². The standard InChI is InChI=1S/C12H17BrN2/c1-15(2)12-6-5-9(8-10(12)13)11-4-3-7-14-11/h5-6,8,11,14H,3-4,7H2,1-2H3. The fourth-order valence-corrected chi connectivity index (χ4v) is 2.82. The highest BCUT2D eigenvalue weighted by Crippen LogP contribution is 2.30. The summed E-state index contributed by atoms with van der Waals surface area (Å²) >= 11 is 3.63. The smallest absolute Gasteiger partial charge is 0.0505 e. The van der Waals surface area contributed by atoms with Gasteiger partial charge in [0.1, 0.15) is 0 Å². The molecule has 2 rings (SSSR count). The molecule has 0 aliphatic carbocycles. The molecular weight excluding hydrogens is 252 g/mol. The Hall–Kier alpha value is -0.540. The van der Waals surface area contributed by atoms with Crippen molar-refractivity contribution in [3.05, 3.63) is 28.2 Å². The molecule has 1 N–H and O–H groups in total. The van der Waals surface area contributed by atoms with Crippen LogP contribution >= 0.6 is 15.9 Å². The molecule has 1 aromatic rings. The highest BCUT2D eigenvalue weighted by Gasteiger charge is 2.16. The van der Waals surface area contributed by atoms with Crippen LogP contribution in [0.3, 0.4) is 0 Å². The van der Waals surface area contributed by atoms with Gasteiger partial charge in [-0.1, -0.05) is 6.07 Å². The first-order chi connectivity index (χ1) is 7.18. The van der Waals surface area contributed by atoms with Gasteiger partial charge >= 0.3 is 0 Å². The van der Waals surface area contributed by atoms with Crippen molar-refractivity contribution in [3.8, 4) is 0 Å². The van der Waals surface area contributed by atoms with Gasteiger partial charge in [-0.3, -0.25) is 0 Å². The van der Waals surface area contributed by atoms with E-state index in [1.807, 2.05) is 0 Å². The number of benzene rings is 1. The van der Waals surface area contributed by atoms with Gasteiger partial charge in [-0.25, -0.2) is 0 Å². The molecule has 0 aromatic heterocycles. The van der Waals surface area contributed by atoms with Crippen molar-refractivity contribution >= 4 is 21.6 Å². The second kappa shape index (κ2) is 4.54. The number of hydrogen-bond donors (Lipinski definition) is 1. The Morgan fingerprint density at radius 2 is 2.20 bits per heavy atom. The zero-order valence-corrected chi connectivity index (χ0v) is 10.8. The van der Waals surface area contributed by atoms with Crippen LogP contribution in [-0.2, 0) is 0 Å². The SMILES string of the molecule is CN(C)c1ccc(C2CCCN2)cc1Br. The van der Waals surface area contributed by atoms with Crippen LogP contribution in [-0.4, -0.2) is 20.6 Å². The van der Waals surface area contributed by atoms with Crippen molar-refractivity contribution in [2.24, 2.45) is 0 Å². The predicted octanol–water partition coefficient (Wildman–Crippen LogP) is 2.94. The molecule has 3 heteroatoms. The van der Waals surface area contributed by atoms with E-state index in [-0.39, 0.29) is 0 Å². The molecule has 0 saturated carbocycles. The van der Waals surface area contributed by atoms with Crippen molar-refractivity contribution < 1.29 is 0 Å². The van der Waals surface area contributed by atoms with E-state index in [0.29, 0.717) is 6.04 Å². The van der Waals surface area contributed by atoms with Gasteiger partial charge in [0, 0.05) is 24.6 Å². The average Bonchev–Trinajstić information content (AvgIpc) is 2.69. The van der Waals surface area contributed by atoms with Gasteiger partial charge in [-0.2, -0.15) is 0 Å². The summed E-state index contributed by atoms with van der Waals surface area (Å²) in [5.41, 5.74) is 2.63. The first-order valence-corrected chi connectivity index (χ1v) is 6.18. The molecule has 1 aromatic carbocycles. The maximum Gasteiger partial charge on any atom is 0.0505 e. The molecule has 0 amide bonds. The largest absolute Gasteiger partial charge is 0.377 e. The molecule has 0 radical (unpaired) electrons. The monoisotopic (exact) mass is 268 g/mol. The normalized spacial score (nSPS) is 20.6. The first-order valence-electron chi connectivity index (χ1n) is 5.38. The minimum atomic E-state index is 0.553. The maximum atomic E-state index is 3.63. The minimum Gasteiger partial charge on any atom is -0.377 e. The zero-order valence-electron chi connectivity index (χ0n) is 9.26. The second-order valence-electron chi connectivity index (χ2n) is 4.25. The quantitative estimate of drug-likeness (QED) is 0.888. The summed E-state index contributed by atoms with van der Waals surface area (Å²) in [4.78, 5) is 2.12. The van der Waals surface area contributed by atoms with Crippen molar-refractivity contribution in [2.75, 3.05) is 25.5 Å². The molecule has 15 heavy (non-hydrogen) atoms. The lowest BCUT2D eigenvalue weighted by atomic mass is 10.1. The van der Waals surface area contributed by atoms with Crippen molar-refractivity contribution in [1.82, 2.24) is 5.32 Å². The number of rotatable bonds is 2. The van der Waals surface area contributed by atoms with Gasteiger partial charge < -0.3 is 10.2 Å². The van der Waals surface area contributed by atoms with E-state index >= 15 is 0 Å². The highest BCUT2D eigenvalue weighted by molar-refractivity contribution is 9.10. The second-order valence-corrected chi connectivity index (χ2v) is 5.11.